The average Bonchev–Trinajstić information content (AvgIpc) is 2.49. The second kappa shape index (κ2) is 7.70. The fourth-order valence-electron chi connectivity index (χ4n) is 2.54. The largest absolute Gasteiger partial charge is 0.330 e. The zero-order valence-electron chi connectivity index (χ0n) is 11.4. The monoisotopic (exact) mass is 492 g/mol. The van der Waals surface area contributed by atoms with Gasteiger partial charge in [0.1, 0.15) is 0 Å². The van der Waals surface area contributed by atoms with Crippen LogP contribution < -0.4 is 5.73 Å². The average molecular weight is 492 g/mol. The Balaban J connectivity index is 2.39. The summed E-state index contributed by atoms with van der Waals surface area (Å²) in [5.41, 5.74) is 9.96. The Morgan fingerprint density at radius 2 is 1.95 bits per heavy atom. The molecule has 0 aliphatic carbocycles. The third-order valence-corrected chi connectivity index (χ3v) is 5.42. The number of halogens is 2. The number of hydrogen-bond donors (Lipinski definition) is 1. The van der Waals surface area contributed by atoms with Gasteiger partial charge in [-0.25, -0.2) is 0 Å². The van der Waals surface area contributed by atoms with Crippen molar-refractivity contribution in [2.24, 2.45) is 5.73 Å². The van der Waals surface area contributed by atoms with E-state index in [1.54, 1.807) is 0 Å². The van der Waals surface area contributed by atoms with Crippen molar-refractivity contribution in [3.8, 4) is 0 Å². The second-order valence-corrected chi connectivity index (χ2v) is 6.76. The molecule has 0 aliphatic rings. The van der Waals surface area contributed by atoms with E-state index in [0.29, 0.717) is 12.5 Å². The number of aromatic nitrogens is 1. The standard InChI is InChI=1S/C16H18I2N2/c1-11(13-6-3-2-5-12(13)9-17)14(10-19)16-15(18)7-4-8-20-16/h2-8,11,14H,9-10,19H2,1H3/t11-,14?/m1/s1. The van der Waals surface area contributed by atoms with Gasteiger partial charge in [-0.2, -0.15) is 0 Å². The first-order valence-corrected chi connectivity index (χ1v) is 9.23. The highest BCUT2D eigenvalue weighted by Gasteiger charge is 2.24. The van der Waals surface area contributed by atoms with Gasteiger partial charge >= 0.3 is 0 Å². The molecule has 2 nitrogen and oxygen atoms in total. The summed E-state index contributed by atoms with van der Waals surface area (Å²) in [6.45, 7) is 2.87. The van der Waals surface area contributed by atoms with Gasteiger partial charge in [-0.15, -0.1) is 0 Å². The van der Waals surface area contributed by atoms with Crippen molar-refractivity contribution in [3.05, 3.63) is 63.0 Å². The van der Waals surface area contributed by atoms with Crippen LogP contribution in [-0.4, -0.2) is 11.5 Å². The van der Waals surface area contributed by atoms with Crippen LogP contribution in [0.4, 0.5) is 0 Å². The molecule has 0 spiro atoms. The minimum atomic E-state index is 0.257. The number of alkyl halides is 1. The first-order chi connectivity index (χ1) is 9.69. The first kappa shape index (κ1) is 16.2. The van der Waals surface area contributed by atoms with Gasteiger partial charge in [0.15, 0.2) is 0 Å². The van der Waals surface area contributed by atoms with E-state index in [9.17, 15) is 0 Å². The second-order valence-electron chi connectivity index (χ2n) is 4.83. The molecule has 20 heavy (non-hydrogen) atoms. The lowest BCUT2D eigenvalue weighted by Gasteiger charge is -2.25. The molecule has 1 unspecified atom stereocenters. The summed E-state index contributed by atoms with van der Waals surface area (Å²) in [5.74, 6) is 0.626. The fourth-order valence-corrected chi connectivity index (χ4v) is 3.98. The molecule has 2 aromatic rings. The van der Waals surface area contributed by atoms with E-state index >= 15 is 0 Å². The summed E-state index contributed by atoms with van der Waals surface area (Å²) in [7, 11) is 0. The summed E-state index contributed by atoms with van der Waals surface area (Å²) in [5, 5.41) is 0. The van der Waals surface area contributed by atoms with Crippen LogP contribution in [0.15, 0.2) is 42.6 Å². The Morgan fingerprint density at radius 1 is 1.20 bits per heavy atom. The molecule has 0 saturated carbocycles. The highest BCUT2D eigenvalue weighted by Crippen LogP contribution is 2.35. The molecule has 2 atom stereocenters. The van der Waals surface area contributed by atoms with E-state index in [2.05, 4.69) is 87.4 Å². The third kappa shape index (κ3) is 3.51. The Morgan fingerprint density at radius 3 is 2.60 bits per heavy atom. The summed E-state index contributed by atoms with van der Waals surface area (Å²) >= 11 is 4.77. The van der Waals surface area contributed by atoms with Gasteiger partial charge < -0.3 is 5.73 Å². The van der Waals surface area contributed by atoms with Crippen LogP contribution in [-0.2, 0) is 4.43 Å². The summed E-state index contributed by atoms with van der Waals surface area (Å²) < 4.78 is 2.22. The van der Waals surface area contributed by atoms with Crippen molar-refractivity contribution in [1.82, 2.24) is 4.98 Å². The van der Waals surface area contributed by atoms with E-state index < -0.39 is 0 Å². The minimum absolute atomic E-state index is 0.257. The maximum atomic E-state index is 6.06. The Hall–Kier alpha value is -0.210. The number of nitrogens with two attached hydrogens (primary N) is 1. The van der Waals surface area contributed by atoms with Gasteiger partial charge in [0.2, 0.25) is 0 Å². The molecule has 0 aliphatic heterocycles. The molecule has 0 saturated heterocycles. The van der Waals surface area contributed by atoms with E-state index in [0.717, 1.165) is 10.1 Å². The van der Waals surface area contributed by atoms with Crippen LogP contribution in [0.5, 0.6) is 0 Å². The summed E-state index contributed by atoms with van der Waals surface area (Å²) in [4.78, 5) is 4.56. The highest BCUT2D eigenvalue weighted by molar-refractivity contribution is 14.1. The van der Waals surface area contributed by atoms with Gasteiger partial charge in [0, 0.05) is 26.7 Å². The lowest BCUT2D eigenvalue weighted by atomic mass is 9.83. The molecule has 4 heteroatoms. The van der Waals surface area contributed by atoms with Gasteiger partial charge in [0.25, 0.3) is 0 Å². The fraction of sp³-hybridized carbons (Fsp3) is 0.312. The number of benzene rings is 1. The molecule has 0 bridgehead atoms. The minimum Gasteiger partial charge on any atom is -0.330 e. The van der Waals surface area contributed by atoms with Crippen molar-refractivity contribution in [2.75, 3.05) is 6.54 Å². The summed E-state index contributed by atoms with van der Waals surface area (Å²) in [6.07, 6.45) is 1.86. The first-order valence-electron chi connectivity index (χ1n) is 6.63. The van der Waals surface area contributed by atoms with E-state index in [4.69, 9.17) is 5.73 Å². The molecule has 1 aromatic carbocycles. The molecule has 1 heterocycles. The predicted octanol–water partition coefficient (Wildman–Crippen LogP) is 4.47. The Bertz CT molecular complexity index is 572. The molecule has 0 amide bonds. The maximum Gasteiger partial charge on any atom is 0.0586 e. The molecule has 0 radical (unpaired) electrons. The van der Waals surface area contributed by atoms with Gasteiger partial charge in [0.05, 0.1) is 5.69 Å². The lowest BCUT2D eigenvalue weighted by Crippen LogP contribution is -2.21. The molecular formula is C16H18I2N2. The molecular weight excluding hydrogens is 474 g/mol. The third-order valence-electron chi connectivity index (χ3n) is 3.69. The topological polar surface area (TPSA) is 38.9 Å². The SMILES string of the molecule is C[C@H](c1ccccc1CI)C(CN)c1ncccc1I. The van der Waals surface area contributed by atoms with Crippen LogP contribution in [0.25, 0.3) is 0 Å². The van der Waals surface area contributed by atoms with E-state index in [1.807, 2.05) is 12.3 Å². The Labute approximate surface area is 147 Å². The van der Waals surface area contributed by atoms with Crippen molar-refractivity contribution >= 4 is 45.2 Å². The number of pyridine rings is 1. The van der Waals surface area contributed by atoms with E-state index in [-0.39, 0.29) is 5.92 Å². The number of rotatable bonds is 5. The van der Waals surface area contributed by atoms with Crippen molar-refractivity contribution in [3.63, 3.8) is 0 Å². The zero-order chi connectivity index (χ0) is 14.5. The van der Waals surface area contributed by atoms with Crippen molar-refractivity contribution in [2.45, 2.75) is 23.2 Å². The van der Waals surface area contributed by atoms with Crippen LogP contribution in [0.3, 0.4) is 0 Å². The molecule has 106 valence electrons. The van der Waals surface area contributed by atoms with Crippen LogP contribution in [0.1, 0.15) is 35.6 Å². The highest BCUT2D eigenvalue weighted by atomic mass is 127. The predicted molar refractivity (Wildman–Crippen MR) is 101 cm³/mol. The van der Waals surface area contributed by atoms with Crippen LogP contribution in [0.2, 0.25) is 0 Å². The number of hydrogen-bond acceptors (Lipinski definition) is 2. The van der Waals surface area contributed by atoms with Crippen LogP contribution in [0, 0.1) is 3.57 Å². The number of nitrogens with zero attached hydrogens (tertiary/aromatic N) is 1. The van der Waals surface area contributed by atoms with Crippen LogP contribution >= 0.6 is 45.2 Å². The molecule has 2 rings (SSSR count). The Kier molecular flexibility index (Phi) is 6.22. The molecule has 2 N–H and O–H groups in total. The van der Waals surface area contributed by atoms with Crippen molar-refractivity contribution in [1.29, 1.82) is 0 Å². The summed E-state index contributed by atoms with van der Waals surface area (Å²) in [6, 6.07) is 12.7. The smallest absolute Gasteiger partial charge is 0.0586 e. The van der Waals surface area contributed by atoms with Gasteiger partial charge in [-0.3, -0.25) is 4.98 Å². The van der Waals surface area contributed by atoms with Gasteiger partial charge in [-0.1, -0.05) is 53.8 Å². The van der Waals surface area contributed by atoms with Crippen molar-refractivity contribution < 1.29 is 0 Å². The molecule has 1 aromatic heterocycles. The zero-order valence-corrected chi connectivity index (χ0v) is 15.7. The lowest BCUT2D eigenvalue weighted by molar-refractivity contribution is 0.565. The quantitative estimate of drug-likeness (QED) is 0.495. The molecule has 0 fully saturated rings. The maximum absolute atomic E-state index is 6.06. The van der Waals surface area contributed by atoms with Gasteiger partial charge in [-0.05, 0) is 51.8 Å². The van der Waals surface area contributed by atoms with E-state index in [1.165, 1.54) is 14.7 Å². The normalized spacial score (nSPS) is 14.0.